The molecular weight excluding hydrogens is 264 g/mol. The fourth-order valence-corrected chi connectivity index (χ4v) is 2.31. The van der Waals surface area contributed by atoms with Crippen LogP contribution in [0.3, 0.4) is 0 Å². The van der Waals surface area contributed by atoms with Crippen LogP contribution in [-0.4, -0.2) is 13.0 Å². The molecule has 0 amide bonds. The van der Waals surface area contributed by atoms with Crippen LogP contribution in [0, 0.1) is 0 Å². The van der Waals surface area contributed by atoms with Crippen molar-refractivity contribution in [1.29, 1.82) is 0 Å². The molecule has 0 aliphatic rings. The molecular formula is C13H16N2O3S+2. The number of nitrogens with zero attached hydrogens (tertiary/aromatic N) is 2. The maximum atomic E-state index is 10.7. The molecule has 2 aromatic rings. The van der Waals surface area contributed by atoms with Crippen molar-refractivity contribution >= 4 is 10.1 Å². The molecule has 5 nitrogen and oxygen atoms in total. The van der Waals surface area contributed by atoms with Crippen LogP contribution in [0.1, 0.15) is 11.1 Å². The van der Waals surface area contributed by atoms with Crippen LogP contribution in [0.2, 0.25) is 0 Å². The van der Waals surface area contributed by atoms with E-state index in [2.05, 4.69) is 0 Å². The molecule has 0 atom stereocenters. The van der Waals surface area contributed by atoms with E-state index < -0.39 is 16.0 Å². The molecule has 2 aromatic heterocycles. The first-order chi connectivity index (χ1) is 8.92. The highest BCUT2D eigenvalue weighted by atomic mass is 32.2. The van der Waals surface area contributed by atoms with Gasteiger partial charge in [-0.3, -0.25) is 4.55 Å². The minimum Gasteiger partial charge on any atom is -0.281 e. The highest BCUT2D eigenvalue weighted by molar-refractivity contribution is 7.84. The highest BCUT2D eigenvalue weighted by Crippen LogP contribution is 2.05. The maximum absolute atomic E-state index is 10.7. The van der Waals surface area contributed by atoms with E-state index >= 15 is 0 Å². The third-order valence-corrected chi connectivity index (χ3v) is 3.35. The topological polar surface area (TPSA) is 62.1 Å². The van der Waals surface area contributed by atoms with Crippen LogP contribution < -0.4 is 9.13 Å². The van der Waals surface area contributed by atoms with Crippen molar-refractivity contribution < 1.29 is 22.1 Å². The van der Waals surface area contributed by atoms with Gasteiger partial charge in [0.25, 0.3) is 5.88 Å². The van der Waals surface area contributed by atoms with Crippen molar-refractivity contribution in [3.05, 3.63) is 60.2 Å². The minimum absolute atomic E-state index is 0.422. The van der Waals surface area contributed by atoms with Gasteiger partial charge >= 0.3 is 10.1 Å². The van der Waals surface area contributed by atoms with Gasteiger partial charge in [-0.15, -0.1) is 0 Å². The number of aromatic nitrogens is 2. The number of rotatable bonds is 4. The van der Waals surface area contributed by atoms with E-state index in [0.717, 1.165) is 12.0 Å². The molecule has 0 bridgehead atoms. The summed E-state index contributed by atoms with van der Waals surface area (Å²) >= 11 is 0. The van der Waals surface area contributed by atoms with E-state index in [0.29, 0.717) is 0 Å². The van der Waals surface area contributed by atoms with E-state index in [1.165, 1.54) is 10.1 Å². The van der Waals surface area contributed by atoms with E-state index in [4.69, 9.17) is 4.55 Å². The smallest absolute Gasteiger partial charge is 0.281 e. The second-order valence-corrected chi connectivity index (χ2v) is 5.90. The molecule has 0 aliphatic carbocycles. The Labute approximate surface area is 112 Å². The van der Waals surface area contributed by atoms with Crippen molar-refractivity contribution in [3.63, 3.8) is 0 Å². The Bertz CT molecular complexity index is 649. The third kappa shape index (κ3) is 4.42. The molecule has 0 aromatic carbocycles. The van der Waals surface area contributed by atoms with Crippen LogP contribution in [-0.2, 0) is 29.5 Å². The zero-order chi connectivity index (χ0) is 13.9. The molecule has 0 unspecified atom stereocenters. The van der Waals surface area contributed by atoms with Gasteiger partial charge in [-0.25, -0.2) is 4.57 Å². The maximum Gasteiger partial charge on any atom is 0.326 e. The predicted molar refractivity (Wildman–Crippen MR) is 68.6 cm³/mol. The van der Waals surface area contributed by atoms with Crippen LogP contribution in [0.5, 0.6) is 0 Å². The van der Waals surface area contributed by atoms with Crippen molar-refractivity contribution in [2.45, 2.75) is 12.3 Å². The summed E-state index contributed by atoms with van der Waals surface area (Å²) in [7, 11) is -2.03. The van der Waals surface area contributed by atoms with Gasteiger partial charge in [0.05, 0.1) is 0 Å². The molecule has 19 heavy (non-hydrogen) atoms. The van der Waals surface area contributed by atoms with Crippen molar-refractivity contribution in [2.24, 2.45) is 7.05 Å². The fourth-order valence-electron chi connectivity index (χ4n) is 1.77. The molecule has 0 radical (unpaired) electrons. The Hall–Kier alpha value is -1.79. The van der Waals surface area contributed by atoms with E-state index in [1.54, 1.807) is 12.4 Å². The van der Waals surface area contributed by atoms with Crippen LogP contribution in [0.4, 0.5) is 0 Å². The summed E-state index contributed by atoms with van der Waals surface area (Å²) in [5.74, 6) is -0.422. The zero-order valence-electron chi connectivity index (χ0n) is 10.6. The Morgan fingerprint density at radius 2 is 1.47 bits per heavy atom. The predicted octanol–water partition coefficient (Wildman–Crippen LogP) is 0.235. The van der Waals surface area contributed by atoms with Crippen LogP contribution >= 0.6 is 0 Å². The molecule has 100 valence electrons. The Kier molecular flexibility index (Phi) is 3.92. The Balaban J connectivity index is 2.08. The molecule has 6 heteroatoms. The average molecular weight is 280 g/mol. The summed E-state index contributed by atoms with van der Waals surface area (Å²) in [5.41, 5.74) is 2.27. The van der Waals surface area contributed by atoms with Gasteiger partial charge in [0.15, 0.2) is 24.8 Å². The van der Waals surface area contributed by atoms with Crippen molar-refractivity contribution in [3.8, 4) is 0 Å². The summed E-state index contributed by atoms with van der Waals surface area (Å²) in [6, 6.07) is 7.77. The van der Waals surface area contributed by atoms with Gasteiger partial charge in [-0.05, 0) is 17.5 Å². The lowest BCUT2D eigenvalue weighted by molar-refractivity contribution is -0.678. The largest absolute Gasteiger partial charge is 0.326 e. The fraction of sp³-hybridized carbons (Fsp3) is 0.231. The monoisotopic (exact) mass is 280 g/mol. The van der Waals surface area contributed by atoms with Crippen LogP contribution in [0.25, 0.3) is 0 Å². The molecule has 0 fully saturated rings. The molecule has 0 spiro atoms. The van der Waals surface area contributed by atoms with Gasteiger partial charge in [0.2, 0.25) is 0 Å². The van der Waals surface area contributed by atoms with Crippen molar-refractivity contribution in [2.75, 3.05) is 0 Å². The zero-order valence-corrected chi connectivity index (χ0v) is 11.4. The summed E-state index contributed by atoms with van der Waals surface area (Å²) in [6.07, 6.45) is 8.04. The standard InChI is InChI=1S/C13H15N2O3S/c1-14-6-2-12(3-7-14)10-13-4-8-15(9-5-13)11-19(16,17)18/h2-9H,10-11H2,1H3/q+1/p+1. The summed E-state index contributed by atoms with van der Waals surface area (Å²) < 4.78 is 33.6. The third-order valence-electron chi connectivity index (χ3n) is 2.73. The number of hydrogen-bond donors (Lipinski definition) is 1. The highest BCUT2D eigenvalue weighted by Gasteiger charge is 2.12. The van der Waals surface area contributed by atoms with Gasteiger partial charge in [-0.2, -0.15) is 13.0 Å². The average Bonchev–Trinajstić information content (AvgIpc) is 2.33. The van der Waals surface area contributed by atoms with Gasteiger partial charge in [0.1, 0.15) is 7.05 Å². The quantitative estimate of drug-likeness (QED) is 0.644. The second kappa shape index (κ2) is 5.46. The van der Waals surface area contributed by atoms with Gasteiger partial charge < -0.3 is 0 Å². The lowest BCUT2D eigenvalue weighted by Crippen LogP contribution is -2.36. The summed E-state index contributed by atoms with van der Waals surface area (Å²) in [6.45, 7) is 0. The lowest BCUT2D eigenvalue weighted by atomic mass is 10.1. The van der Waals surface area contributed by atoms with Gasteiger partial charge in [-0.1, -0.05) is 0 Å². The first kappa shape index (κ1) is 13.6. The van der Waals surface area contributed by atoms with E-state index in [-0.39, 0.29) is 0 Å². The molecule has 2 rings (SSSR count). The molecule has 1 N–H and O–H groups in total. The molecule has 0 saturated carbocycles. The van der Waals surface area contributed by atoms with E-state index in [9.17, 15) is 8.42 Å². The van der Waals surface area contributed by atoms with Gasteiger partial charge in [0, 0.05) is 24.3 Å². The molecule has 2 heterocycles. The van der Waals surface area contributed by atoms with Crippen molar-refractivity contribution in [1.82, 2.24) is 0 Å². The first-order valence-corrected chi connectivity index (χ1v) is 7.41. The Morgan fingerprint density at radius 3 is 1.95 bits per heavy atom. The SMILES string of the molecule is C[n+]1ccc(Cc2cc[n+](CS(=O)(=O)O)cc2)cc1. The number of pyridine rings is 2. The summed E-state index contributed by atoms with van der Waals surface area (Å²) in [5, 5.41) is 0. The number of aryl methyl sites for hydroxylation is 1. The lowest BCUT2D eigenvalue weighted by Gasteiger charge is -2.00. The van der Waals surface area contributed by atoms with E-state index in [1.807, 2.05) is 48.3 Å². The van der Waals surface area contributed by atoms with Crippen LogP contribution in [0.15, 0.2) is 49.1 Å². The molecule has 0 aliphatic heterocycles. The first-order valence-electron chi connectivity index (χ1n) is 5.80. The molecule has 0 saturated heterocycles. The second-order valence-electron chi connectivity index (χ2n) is 4.48. The number of hydrogen-bond acceptors (Lipinski definition) is 2. The normalized spacial score (nSPS) is 11.5. The summed E-state index contributed by atoms with van der Waals surface area (Å²) in [4.78, 5) is 0. The minimum atomic E-state index is -3.99. The Morgan fingerprint density at radius 1 is 1.00 bits per heavy atom.